The van der Waals surface area contributed by atoms with Gasteiger partial charge in [0.05, 0.1) is 12.0 Å². The molecule has 1 aromatic carbocycles. The molecule has 0 saturated carbocycles. The SMILES string of the molecule is CC(NC1=CC(C)(C)CC(=O)C1C(=O)C=Cc1ccccc1)C(=O)[O-]. The maximum atomic E-state index is 12.6. The maximum Gasteiger partial charge on any atom is 0.172 e. The van der Waals surface area contributed by atoms with Gasteiger partial charge in [-0.25, -0.2) is 0 Å². The summed E-state index contributed by atoms with van der Waals surface area (Å²) < 4.78 is 0. The van der Waals surface area contributed by atoms with E-state index in [-0.39, 0.29) is 18.0 Å². The Kier molecular flexibility index (Phi) is 5.57. The standard InChI is InChI=1S/C20H23NO4/c1-13(19(24)25)21-15-11-20(2,3)12-17(23)18(15)16(22)10-9-14-7-5-4-6-8-14/h4-11,13,18,21H,12H2,1-3H3,(H,24,25)/p-1. The molecule has 0 aromatic heterocycles. The number of nitrogens with one attached hydrogen (secondary N) is 1. The van der Waals surface area contributed by atoms with Crippen LogP contribution in [0.25, 0.3) is 6.08 Å². The third-order valence-electron chi connectivity index (χ3n) is 4.07. The van der Waals surface area contributed by atoms with Gasteiger partial charge in [-0.2, -0.15) is 0 Å². The number of carbonyl (C=O) groups is 3. The predicted molar refractivity (Wildman–Crippen MR) is 93.1 cm³/mol. The molecule has 0 aliphatic heterocycles. The molecule has 0 saturated heterocycles. The monoisotopic (exact) mass is 340 g/mol. The highest BCUT2D eigenvalue weighted by molar-refractivity contribution is 6.12. The number of carbonyl (C=O) groups excluding carboxylic acids is 3. The second kappa shape index (κ2) is 7.47. The largest absolute Gasteiger partial charge is 0.548 e. The van der Waals surface area contributed by atoms with E-state index in [2.05, 4.69) is 5.32 Å². The van der Waals surface area contributed by atoms with Gasteiger partial charge in [-0.3, -0.25) is 9.59 Å². The maximum absolute atomic E-state index is 12.6. The molecule has 0 amide bonds. The summed E-state index contributed by atoms with van der Waals surface area (Å²) in [6, 6.07) is 8.28. The molecular weight excluding hydrogens is 318 g/mol. The van der Waals surface area contributed by atoms with Crippen molar-refractivity contribution in [2.45, 2.75) is 33.2 Å². The van der Waals surface area contributed by atoms with Crippen molar-refractivity contribution in [2.75, 3.05) is 0 Å². The van der Waals surface area contributed by atoms with Gasteiger partial charge >= 0.3 is 0 Å². The van der Waals surface area contributed by atoms with Crippen molar-refractivity contribution in [3.8, 4) is 0 Å². The fourth-order valence-electron chi connectivity index (χ4n) is 2.86. The van der Waals surface area contributed by atoms with Gasteiger partial charge < -0.3 is 15.2 Å². The van der Waals surface area contributed by atoms with E-state index in [0.717, 1.165) is 5.56 Å². The molecule has 0 spiro atoms. The molecule has 0 heterocycles. The molecule has 1 aliphatic carbocycles. The van der Waals surface area contributed by atoms with E-state index in [4.69, 9.17) is 0 Å². The lowest BCUT2D eigenvalue weighted by Crippen LogP contribution is -2.47. The fourth-order valence-corrected chi connectivity index (χ4v) is 2.86. The minimum Gasteiger partial charge on any atom is -0.548 e. The lowest BCUT2D eigenvalue weighted by molar-refractivity contribution is -0.307. The van der Waals surface area contributed by atoms with Crippen molar-refractivity contribution in [2.24, 2.45) is 11.3 Å². The van der Waals surface area contributed by atoms with Crippen LogP contribution in [-0.4, -0.2) is 23.6 Å². The molecule has 1 N–H and O–H groups in total. The topological polar surface area (TPSA) is 86.3 Å². The first-order chi connectivity index (χ1) is 11.7. The molecule has 2 atom stereocenters. The first-order valence-corrected chi connectivity index (χ1v) is 8.19. The van der Waals surface area contributed by atoms with Crippen LogP contribution >= 0.6 is 0 Å². The lowest BCUT2D eigenvalue weighted by atomic mass is 9.74. The summed E-state index contributed by atoms with van der Waals surface area (Å²) >= 11 is 0. The van der Waals surface area contributed by atoms with Gasteiger partial charge in [-0.1, -0.05) is 56.3 Å². The van der Waals surface area contributed by atoms with Crippen LogP contribution in [-0.2, 0) is 14.4 Å². The summed E-state index contributed by atoms with van der Waals surface area (Å²) in [5, 5.41) is 13.8. The van der Waals surface area contributed by atoms with Crippen LogP contribution in [0.2, 0.25) is 0 Å². The molecule has 0 fully saturated rings. The number of rotatable bonds is 6. The van der Waals surface area contributed by atoms with Crippen LogP contribution < -0.4 is 10.4 Å². The number of carboxylic acids is 1. The number of carboxylic acid groups (broad SMARTS) is 1. The Morgan fingerprint density at radius 3 is 2.52 bits per heavy atom. The highest BCUT2D eigenvalue weighted by Gasteiger charge is 2.38. The third-order valence-corrected chi connectivity index (χ3v) is 4.07. The predicted octanol–water partition coefficient (Wildman–Crippen LogP) is 1.50. The molecule has 2 rings (SSSR count). The molecule has 1 aromatic rings. The first kappa shape index (κ1) is 18.6. The van der Waals surface area contributed by atoms with E-state index in [1.165, 1.54) is 13.0 Å². The number of aliphatic carboxylic acids is 1. The van der Waals surface area contributed by atoms with Crippen LogP contribution in [0.3, 0.4) is 0 Å². The highest BCUT2D eigenvalue weighted by Crippen LogP contribution is 2.34. The van der Waals surface area contributed by atoms with Crippen molar-refractivity contribution in [1.82, 2.24) is 5.32 Å². The Balaban J connectivity index is 2.28. The summed E-state index contributed by atoms with van der Waals surface area (Å²) in [6.07, 6.45) is 5.02. The minimum atomic E-state index is -1.29. The Morgan fingerprint density at radius 1 is 1.28 bits per heavy atom. The summed E-state index contributed by atoms with van der Waals surface area (Å²) in [4.78, 5) is 36.1. The molecular formula is C20H22NO4-. The molecule has 1 aliphatic rings. The average molecular weight is 340 g/mol. The van der Waals surface area contributed by atoms with Crippen molar-refractivity contribution in [3.05, 3.63) is 53.7 Å². The lowest BCUT2D eigenvalue weighted by Gasteiger charge is -2.33. The Hall–Kier alpha value is -2.69. The molecule has 5 nitrogen and oxygen atoms in total. The van der Waals surface area contributed by atoms with Crippen LogP contribution in [0.5, 0.6) is 0 Å². The van der Waals surface area contributed by atoms with E-state index in [1.54, 1.807) is 12.2 Å². The number of hydrogen-bond acceptors (Lipinski definition) is 5. The smallest absolute Gasteiger partial charge is 0.172 e. The van der Waals surface area contributed by atoms with Crippen LogP contribution in [0.15, 0.2) is 48.2 Å². The van der Waals surface area contributed by atoms with Crippen LogP contribution in [0, 0.1) is 11.3 Å². The van der Waals surface area contributed by atoms with E-state index >= 15 is 0 Å². The van der Waals surface area contributed by atoms with E-state index in [0.29, 0.717) is 5.70 Å². The van der Waals surface area contributed by atoms with E-state index < -0.39 is 23.3 Å². The molecule has 2 unspecified atom stereocenters. The van der Waals surface area contributed by atoms with Gasteiger partial charge in [-0.15, -0.1) is 0 Å². The fraction of sp³-hybridized carbons (Fsp3) is 0.350. The van der Waals surface area contributed by atoms with Gasteiger partial charge in [0, 0.05) is 12.1 Å². The quantitative estimate of drug-likeness (QED) is 0.626. The second-order valence-corrected chi connectivity index (χ2v) is 7.00. The van der Waals surface area contributed by atoms with Crippen LogP contribution in [0.1, 0.15) is 32.8 Å². The number of allylic oxidation sites excluding steroid dienone is 3. The first-order valence-electron chi connectivity index (χ1n) is 8.19. The van der Waals surface area contributed by atoms with Gasteiger partial charge in [0.2, 0.25) is 0 Å². The van der Waals surface area contributed by atoms with E-state index in [9.17, 15) is 19.5 Å². The number of Topliss-reactive ketones (excluding diaryl/α,β-unsaturated/α-hetero) is 1. The highest BCUT2D eigenvalue weighted by atomic mass is 16.4. The minimum absolute atomic E-state index is 0.219. The zero-order chi connectivity index (χ0) is 18.6. The Labute approximate surface area is 147 Å². The summed E-state index contributed by atoms with van der Waals surface area (Å²) in [6.45, 7) is 5.16. The molecule has 0 bridgehead atoms. The summed E-state index contributed by atoms with van der Waals surface area (Å²) in [7, 11) is 0. The third kappa shape index (κ3) is 4.89. The van der Waals surface area contributed by atoms with Gasteiger partial charge in [0.1, 0.15) is 11.7 Å². The molecule has 5 heteroatoms. The zero-order valence-corrected chi connectivity index (χ0v) is 14.6. The van der Waals surface area contributed by atoms with Crippen molar-refractivity contribution in [3.63, 3.8) is 0 Å². The van der Waals surface area contributed by atoms with Crippen molar-refractivity contribution >= 4 is 23.6 Å². The Morgan fingerprint density at radius 2 is 1.92 bits per heavy atom. The van der Waals surface area contributed by atoms with Crippen LogP contribution in [0.4, 0.5) is 0 Å². The van der Waals surface area contributed by atoms with E-state index in [1.807, 2.05) is 44.2 Å². The van der Waals surface area contributed by atoms with Gasteiger partial charge in [0.15, 0.2) is 5.78 Å². The number of hydrogen-bond donors (Lipinski definition) is 1. The van der Waals surface area contributed by atoms with Gasteiger partial charge in [-0.05, 0) is 24.0 Å². The molecule has 132 valence electrons. The zero-order valence-electron chi connectivity index (χ0n) is 14.6. The van der Waals surface area contributed by atoms with Gasteiger partial charge in [0.25, 0.3) is 0 Å². The normalized spacial score (nSPS) is 20.8. The van der Waals surface area contributed by atoms with Crippen molar-refractivity contribution in [1.29, 1.82) is 0 Å². The van der Waals surface area contributed by atoms with Crippen molar-refractivity contribution < 1.29 is 19.5 Å². The summed E-state index contributed by atoms with van der Waals surface area (Å²) in [5.41, 5.74) is 0.743. The number of benzene rings is 1. The second-order valence-electron chi connectivity index (χ2n) is 7.00. The Bertz CT molecular complexity index is 731. The summed E-state index contributed by atoms with van der Waals surface area (Å²) in [5.74, 6) is -2.88. The molecule has 0 radical (unpaired) electrons. The average Bonchev–Trinajstić information content (AvgIpc) is 2.52. The molecule has 25 heavy (non-hydrogen) atoms. The number of ketones is 2.